The Morgan fingerprint density at radius 2 is 1.75 bits per heavy atom. The van der Waals surface area contributed by atoms with E-state index in [4.69, 9.17) is 15.2 Å². The Labute approximate surface area is 97.6 Å². The first-order valence-electron chi connectivity index (χ1n) is 5.49. The molecule has 2 N–H and O–H groups in total. The van der Waals surface area contributed by atoms with Crippen LogP contribution in [-0.2, 0) is 14.9 Å². The van der Waals surface area contributed by atoms with Crippen LogP contribution >= 0.6 is 0 Å². The lowest BCUT2D eigenvalue weighted by atomic mass is 9.85. The van der Waals surface area contributed by atoms with Crippen molar-refractivity contribution in [3.8, 4) is 0 Å². The molecule has 0 bridgehead atoms. The first-order chi connectivity index (χ1) is 7.56. The maximum absolute atomic E-state index is 5.66. The van der Waals surface area contributed by atoms with Gasteiger partial charge in [-0.2, -0.15) is 0 Å². The molecular formula is C13H21NO2. The van der Waals surface area contributed by atoms with Crippen molar-refractivity contribution in [2.24, 2.45) is 0 Å². The summed E-state index contributed by atoms with van der Waals surface area (Å²) in [5.74, 6) is 0. The normalized spacial score (nSPS) is 11.7. The van der Waals surface area contributed by atoms with E-state index in [-0.39, 0.29) is 5.41 Å². The molecule has 0 unspecified atom stereocenters. The fraction of sp³-hybridized carbons (Fsp3) is 0.538. The van der Waals surface area contributed by atoms with Crippen molar-refractivity contribution in [2.75, 3.05) is 32.7 Å². The lowest BCUT2D eigenvalue weighted by Gasteiger charge is -2.25. The van der Waals surface area contributed by atoms with E-state index in [9.17, 15) is 0 Å². The van der Waals surface area contributed by atoms with Crippen molar-refractivity contribution >= 4 is 5.69 Å². The highest BCUT2D eigenvalue weighted by atomic mass is 16.5. The van der Waals surface area contributed by atoms with Gasteiger partial charge in [0.15, 0.2) is 0 Å². The van der Waals surface area contributed by atoms with Crippen molar-refractivity contribution in [1.29, 1.82) is 0 Å². The van der Waals surface area contributed by atoms with Crippen LogP contribution in [0.5, 0.6) is 0 Å². The van der Waals surface area contributed by atoms with Gasteiger partial charge in [-0.3, -0.25) is 0 Å². The third-order valence-electron chi connectivity index (χ3n) is 2.59. The second-order valence-corrected chi connectivity index (χ2v) is 4.55. The minimum absolute atomic E-state index is 0.00143. The Balaban J connectivity index is 2.52. The summed E-state index contributed by atoms with van der Waals surface area (Å²) >= 11 is 0. The molecule has 1 rings (SSSR count). The molecular weight excluding hydrogens is 202 g/mol. The summed E-state index contributed by atoms with van der Waals surface area (Å²) in [5, 5.41) is 0. The fourth-order valence-electron chi connectivity index (χ4n) is 1.49. The number of benzene rings is 1. The number of methoxy groups -OCH3 is 1. The van der Waals surface area contributed by atoms with E-state index < -0.39 is 0 Å². The number of ether oxygens (including phenoxy) is 2. The van der Waals surface area contributed by atoms with E-state index in [1.165, 1.54) is 5.56 Å². The maximum Gasteiger partial charge on any atom is 0.0700 e. The zero-order valence-electron chi connectivity index (χ0n) is 10.3. The van der Waals surface area contributed by atoms with Gasteiger partial charge in [0.05, 0.1) is 19.8 Å². The first-order valence-corrected chi connectivity index (χ1v) is 5.49. The summed E-state index contributed by atoms with van der Waals surface area (Å²) in [6, 6.07) is 7.95. The smallest absolute Gasteiger partial charge is 0.0700 e. The van der Waals surface area contributed by atoms with E-state index >= 15 is 0 Å². The number of hydrogen-bond donors (Lipinski definition) is 1. The van der Waals surface area contributed by atoms with Crippen LogP contribution < -0.4 is 5.73 Å². The van der Waals surface area contributed by atoms with Gasteiger partial charge in [-0.15, -0.1) is 0 Å². The average molecular weight is 223 g/mol. The molecule has 0 saturated carbocycles. The lowest BCUT2D eigenvalue weighted by molar-refractivity contribution is 0.0485. The molecule has 0 atom stereocenters. The van der Waals surface area contributed by atoms with Gasteiger partial charge >= 0.3 is 0 Å². The minimum atomic E-state index is 0.00143. The van der Waals surface area contributed by atoms with Crippen molar-refractivity contribution < 1.29 is 9.47 Å². The van der Waals surface area contributed by atoms with Crippen LogP contribution in [0.25, 0.3) is 0 Å². The first kappa shape index (κ1) is 13.0. The van der Waals surface area contributed by atoms with E-state index in [1.54, 1.807) is 7.11 Å². The molecule has 0 radical (unpaired) electrons. The van der Waals surface area contributed by atoms with Gasteiger partial charge < -0.3 is 15.2 Å². The zero-order valence-corrected chi connectivity index (χ0v) is 10.3. The molecule has 0 aliphatic carbocycles. The van der Waals surface area contributed by atoms with Crippen LogP contribution in [0.4, 0.5) is 5.69 Å². The van der Waals surface area contributed by atoms with E-state index in [1.807, 2.05) is 12.1 Å². The van der Waals surface area contributed by atoms with Crippen molar-refractivity contribution in [3.63, 3.8) is 0 Å². The predicted octanol–water partition coefficient (Wildman–Crippen LogP) is 2.21. The van der Waals surface area contributed by atoms with Gasteiger partial charge in [0.1, 0.15) is 0 Å². The summed E-state index contributed by atoms with van der Waals surface area (Å²) in [4.78, 5) is 0. The molecule has 0 saturated heterocycles. The standard InChI is InChI=1S/C13H21NO2/c1-13(2,10-16-9-8-15-3)11-4-6-12(14)7-5-11/h4-7H,8-10,14H2,1-3H3. The van der Waals surface area contributed by atoms with Gasteiger partial charge in [-0.25, -0.2) is 0 Å². The molecule has 0 fully saturated rings. The molecule has 90 valence electrons. The number of nitrogens with two attached hydrogens (primary N) is 1. The molecule has 0 spiro atoms. The second kappa shape index (κ2) is 5.87. The summed E-state index contributed by atoms with van der Waals surface area (Å²) in [7, 11) is 1.68. The van der Waals surface area contributed by atoms with Crippen LogP contribution in [0.2, 0.25) is 0 Å². The number of rotatable bonds is 6. The monoisotopic (exact) mass is 223 g/mol. The van der Waals surface area contributed by atoms with Crippen LogP contribution in [-0.4, -0.2) is 26.9 Å². The Morgan fingerprint density at radius 1 is 1.12 bits per heavy atom. The number of nitrogen functional groups attached to an aromatic ring is 1. The van der Waals surface area contributed by atoms with Crippen LogP contribution in [0.15, 0.2) is 24.3 Å². The molecule has 3 nitrogen and oxygen atoms in total. The second-order valence-electron chi connectivity index (χ2n) is 4.55. The average Bonchev–Trinajstić information content (AvgIpc) is 2.25. The fourth-order valence-corrected chi connectivity index (χ4v) is 1.49. The highest BCUT2D eigenvalue weighted by Crippen LogP contribution is 2.24. The SMILES string of the molecule is COCCOCC(C)(C)c1ccc(N)cc1. The topological polar surface area (TPSA) is 44.5 Å². The molecule has 0 heterocycles. The molecule has 0 aromatic heterocycles. The van der Waals surface area contributed by atoms with Gasteiger partial charge in [0.25, 0.3) is 0 Å². The Morgan fingerprint density at radius 3 is 2.31 bits per heavy atom. The molecule has 1 aromatic carbocycles. The van der Waals surface area contributed by atoms with Gasteiger partial charge in [0.2, 0.25) is 0 Å². The van der Waals surface area contributed by atoms with Gasteiger partial charge in [-0.1, -0.05) is 26.0 Å². The number of hydrogen-bond acceptors (Lipinski definition) is 3. The lowest BCUT2D eigenvalue weighted by Crippen LogP contribution is -2.25. The largest absolute Gasteiger partial charge is 0.399 e. The third kappa shape index (κ3) is 3.83. The molecule has 0 aliphatic heterocycles. The maximum atomic E-state index is 5.66. The molecule has 0 aliphatic rings. The quantitative estimate of drug-likeness (QED) is 0.594. The molecule has 16 heavy (non-hydrogen) atoms. The third-order valence-corrected chi connectivity index (χ3v) is 2.59. The van der Waals surface area contributed by atoms with Crippen LogP contribution in [0.1, 0.15) is 19.4 Å². The Bertz CT molecular complexity index is 306. The summed E-state index contributed by atoms with van der Waals surface area (Å²) in [6.45, 7) is 6.27. The summed E-state index contributed by atoms with van der Waals surface area (Å²) in [5.41, 5.74) is 7.69. The summed E-state index contributed by atoms with van der Waals surface area (Å²) in [6.07, 6.45) is 0. The van der Waals surface area contributed by atoms with E-state index in [2.05, 4.69) is 26.0 Å². The van der Waals surface area contributed by atoms with E-state index in [0.717, 1.165) is 5.69 Å². The number of anilines is 1. The van der Waals surface area contributed by atoms with Gasteiger partial charge in [-0.05, 0) is 17.7 Å². The van der Waals surface area contributed by atoms with Gasteiger partial charge in [0, 0.05) is 18.2 Å². The van der Waals surface area contributed by atoms with E-state index in [0.29, 0.717) is 19.8 Å². The van der Waals surface area contributed by atoms with Crippen LogP contribution in [0, 0.1) is 0 Å². The van der Waals surface area contributed by atoms with Crippen molar-refractivity contribution in [3.05, 3.63) is 29.8 Å². The Kier molecular flexibility index (Phi) is 4.77. The zero-order chi connectivity index (χ0) is 12.0. The van der Waals surface area contributed by atoms with Crippen molar-refractivity contribution in [1.82, 2.24) is 0 Å². The van der Waals surface area contributed by atoms with Crippen molar-refractivity contribution in [2.45, 2.75) is 19.3 Å². The molecule has 1 aromatic rings. The highest BCUT2D eigenvalue weighted by Gasteiger charge is 2.20. The van der Waals surface area contributed by atoms with Crippen LogP contribution in [0.3, 0.4) is 0 Å². The summed E-state index contributed by atoms with van der Waals surface area (Å²) < 4.78 is 10.5. The Hall–Kier alpha value is -1.06. The predicted molar refractivity (Wildman–Crippen MR) is 66.6 cm³/mol. The minimum Gasteiger partial charge on any atom is -0.399 e. The highest BCUT2D eigenvalue weighted by molar-refractivity contribution is 5.41. The molecule has 0 amide bonds. The molecule has 3 heteroatoms.